The molecule has 4 aromatic heterocycles. The third-order valence-electron chi connectivity index (χ3n) is 8.93. The van der Waals surface area contributed by atoms with Gasteiger partial charge >= 0.3 is 6.18 Å². The summed E-state index contributed by atoms with van der Waals surface area (Å²) < 4.78 is 92.8. The van der Waals surface area contributed by atoms with E-state index in [4.69, 9.17) is 4.42 Å². The number of Topliss-reactive ketones (excluding diaryl/α,β-unsaturated/α-hetero) is 1. The predicted octanol–water partition coefficient (Wildman–Crippen LogP) is 5.40. The third-order valence-corrected chi connectivity index (χ3v) is 10.8. The van der Waals surface area contributed by atoms with E-state index < -0.39 is 44.8 Å². The molecule has 0 aliphatic heterocycles. The molecule has 2 aliphatic rings. The maximum atomic E-state index is 14.6. The number of benzene rings is 1. The van der Waals surface area contributed by atoms with Crippen molar-refractivity contribution in [3.63, 3.8) is 0 Å². The van der Waals surface area contributed by atoms with Gasteiger partial charge in [0.05, 0.1) is 47.5 Å². The molecule has 4 heterocycles. The number of carbonyl (C=O) groups excluding carboxylic acids is 1. The van der Waals surface area contributed by atoms with E-state index in [1.165, 1.54) is 46.0 Å². The van der Waals surface area contributed by atoms with E-state index in [9.17, 15) is 30.8 Å². The normalized spacial score (nSPS) is 19.5. The van der Waals surface area contributed by atoms with Crippen LogP contribution in [0.4, 0.5) is 17.6 Å². The SMILES string of the molecule is Cn1cc(S(=O)(=O)N(Cc2ncco2)[C@H]2CCC3=Cc4c(cnn4-c4ccc(F)cc4)C[C@]3(C(=O)c3cc(C(F)(F)F)ccn3)C2)cn1. The summed E-state index contributed by atoms with van der Waals surface area (Å²) in [5, 5.41) is 8.51. The Morgan fingerprint density at radius 1 is 1.10 bits per heavy atom. The van der Waals surface area contributed by atoms with Gasteiger partial charge in [0.2, 0.25) is 15.9 Å². The van der Waals surface area contributed by atoms with Crippen LogP contribution in [0.3, 0.4) is 0 Å². The van der Waals surface area contributed by atoms with Crippen LogP contribution in [0.25, 0.3) is 11.8 Å². The van der Waals surface area contributed by atoms with Crippen LogP contribution in [0.2, 0.25) is 0 Å². The van der Waals surface area contributed by atoms with Crippen LogP contribution >= 0.6 is 0 Å². The number of fused-ring (bicyclic) bond motifs is 2. The van der Waals surface area contributed by atoms with Gasteiger partial charge < -0.3 is 4.42 Å². The smallest absolute Gasteiger partial charge is 0.416 e. The summed E-state index contributed by atoms with van der Waals surface area (Å²) >= 11 is 0. The van der Waals surface area contributed by atoms with Gasteiger partial charge in [-0.25, -0.2) is 22.5 Å². The van der Waals surface area contributed by atoms with Crippen LogP contribution in [-0.2, 0) is 36.2 Å². The van der Waals surface area contributed by atoms with E-state index in [1.54, 1.807) is 36.1 Å². The lowest BCUT2D eigenvalue weighted by Gasteiger charge is -2.46. The van der Waals surface area contributed by atoms with Crippen LogP contribution in [0, 0.1) is 11.2 Å². The fourth-order valence-corrected chi connectivity index (χ4v) is 8.23. The second-order valence-electron chi connectivity index (χ2n) is 11.9. The number of ketones is 1. The standard InChI is InChI=1S/C32H27F4N7O4S/c1-41-18-26(17-39-41)48(45,46)42(19-29-38-10-11-47-29)25-5-2-21-13-28-20(16-40-43(28)24-6-3-23(33)4-7-24)14-31(21,15-25)30(44)27-12-22(8-9-37-27)32(34,35)36/h3-4,6-13,16-18,25H,2,5,14-15,19H2,1H3/t25-,31-/m0/s1. The second-order valence-corrected chi connectivity index (χ2v) is 13.7. The van der Waals surface area contributed by atoms with Gasteiger partial charge in [-0.1, -0.05) is 5.57 Å². The van der Waals surface area contributed by atoms with E-state index in [0.29, 0.717) is 22.5 Å². The van der Waals surface area contributed by atoms with Gasteiger partial charge in [-0.05, 0) is 73.7 Å². The molecule has 7 rings (SSSR count). The Kier molecular flexibility index (Phi) is 7.66. The third kappa shape index (κ3) is 5.53. The Morgan fingerprint density at radius 3 is 2.58 bits per heavy atom. The number of aromatic nitrogens is 6. The zero-order valence-corrected chi connectivity index (χ0v) is 26.1. The van der Waals surface area contributed by atoms with Crippen molar-refractivity contribution in [2.75, 3.05) is 0 Å². The Hall–Kier alpha value is -4.96. The Balaban J connectivity index is 1.35. The lowest BCUT2D eigenvalue weighted by molar-refractivity contribution is -0.137. The minimum Gasteiger partial charge on any atom is -0.448 e. The number of pyridine rings is 1. The second kappa shape index (κ2) is 11.6. The average Bonchev–Trinajstić information content (AvgIpc) is 3.84. The fraction of sp³-hybridized carbons (Fsp3) is 0.281. The first-order valence-corrected chi connectivity index (χ1v) is 16.3. The Labute approximate surface area is 271 Å². The first-order chi connectivity index (χ1) is 22.8. The van der Waals surface area contributed by atoms with Crippen LogP contribution < -0.4 is 0 Å². The number of sulfonamides is 1. The molecule has 11 nitrogen and oxygen atoms in total. The van der Waals surface area contributed by atoms with Crippen LogP contribution in [0.15, 0.2) is 88.5 Å². The van der Waals surface area contributed by atoms with Gasteiger partial charge in [-0.3, -0.25) is 14.5 Å². The van der Waals surface area contributed by atoms with Gasteiger partial charge in [0.15, 0.2) is 5.78 Å². The molecule has 0 unspecified atom stereocenters. The molecule has 2 atom stereocenters. The molecule has 5 aromatic rings. The lowest BCUT2D eigenvalue weighted by atomic mass is 9.60. The largest absolute Gasteiger partial charge is 0.448 e. The van der Waals surface area contributed by atoms with E-state index in [1.807, 2.05) is 0 Å². The van der Waals surface area contributed by atoms with E-state index >= 15 is 0 Å². The molecule has 48 heavy (non-hydrogen) atoms. The minimum atomic E-state index is -4.72. The summed E-state index contributed by atoms with van der Waals surface area (Å²) in [6.45, 7) is -0.256. The zero-order valence-electron chi connectivity index (χ0n) is 25.3. The van der Waals surface area contributed by atoms with Crippen molar-refractivity contribution < 1.29 is 35.2 Å². The van der Waals surface area contributed by atoms with Gasteiger partial charge in [-0.15, -0.1) is 0 Å². The zero-order chi connectivity index (χ0) is 33.8. The monoisotopic (exact) mass is 681 g/mol. The van der Waals surface area contributed by atoms with E-state index in [2.05, 4.69) is 20.2 Å². The molecular formula is C32H27F4N7O4S. The highest BCUT2D eigenvalue weighted by Crippen LogP contribution is 2.51. The molecule has 2 aliphatic carbocycles. The lowest BCUT2D eigenvalue weighted by Crippen LogP contribution is -2.50. The van der Waals surface area contributed by atoms with Crippen molar-refractivity contribution in [3.05, 3.63) is 113 Å². The number of oxazole rings is 1. The first-order valence-electron chi connectivity index (χ1n) is 14.9. The number of nitrogens with zero attached hydrogens (tertiary/aromatic N) is 7. The summed E-state index contributed by atoms with van der Waals surface area (Å²) in [5.41, 5.74) is -0.465. The van der Waals surface area contributed by atoms with Crippen molar-refractivity contribution >= 4 is 21.9 Å². The van der Waals surface area contributed by atoms with Crippen molar-refractivity contribution in [1.29, 1.82) is 0 Å². The maximum Gasteiger partial charge on any atom is 0.416 e. The van der Waals surface area contributed by atoms with Gasteiger partial charge in [0, 0.05) is 25.5 Å². The summed E-state index contributed by atoms with van der Waals surface area (Å²) in [7, 11) is -2.65. The van der Waals surface area contributed by atoms with Crippen molar-refractivity contribution in [3.8, 4) is 5.69 Å². The molecule has 0 spiro atoms. The number of hydrogen-bond donors (Lipinski definition) is 0. The Bertz CT molecular complexity index is 2140. The molecule has 0 bridgehead atoms. The fourth-order valence-electron chi connectivity index (χ4n) is 6.64. The number of carbonyl (C=O) groups is 1. The maximum absolute atomic E-state index is 14.6. The number of aryl methyl sites for hydroxylation is 1. The number of alkyl halides is 3. The molecule has 1 aromatic carbocycles. The average molecular weight is 682 g/mol. The molecule has 16 heteroatoms. The molecule has 248 valence electrons. The van der Waals surface area contributed by atoms with Gasteiger partial charge in [0.25, 0.3) is 0 Å². The highest BCUT2D eigenvalue weighted by Gasteiger charge is 2.52. The van der Waals surface area contributed by atoms with Crippen molar-refractivity contribution in [2.24, 2.45) is 12.5 Å². The molecule has 0 amide bonds. The summed E-state index contributed by atoms with van der Waals surface area (Å²) in [6, 6.07) is 6.42. The summed E-state index contributed by atoms with van der Waals surface area (Å²) in [4.78, 5) is 22.7. The quantitative estimate of drug-likeness (QED) is 0.157. The molecule has 1 fully saturated rings. The van der Waals surface area contributed by atoms with E-state index in [0.717, 1.165) is 18.3 Å². The highest BCUT2D eigenvalue weighted by atomic mass is 32.2. The van der Waals surface area contributed by atoms with Crippen LogP contribution in [0.1, 0.15) is 52.5 Å². The van der Waals surface area contributed by atoms with Crippen LogP contribution in [0.5, 0.6) is 0 Å². The minimum absolute atomic E-state index is 0.0163. The number of halogens is 4. The van der Waals surface area contributed by atoms with Crippen molar-refractivity contribution in [2.45, 2.75) is 49.3 Å². The number of allylic oxidation sites excluding steroid dienone is 1. The highest BCUT2D eigenvalue weighted by molar-refractivity contribution is 7.89. The number of hydrogen-bond acceptors (Lipinski definition) is 8. The number of rotatable bonds is 8. The summed E-state index contributed by atoms with van der Waals surface area (Å²) in [5.74, 6) is -0.972. The molecule has 0 N–H and O–H groups in total. The van der Waals surface area contributed by atoms with Gasteiger partial charge in [0.1, 0.15) is 22.7 Å². The molecule has 1 saturated carbocycles. The molecular weight excluding hydrogens is 654 g/mol. The summed E-state index contributed by atoms with van der Waals surface area (Å²) in [6.07, 6.45) is 5.29. The van der Waals surface area contributed by atoms with Crippen molar-refractivity contribution in [1.82, 2.24) is 33.8 Å². The topological polar surface area (TPSA) is 129 Å². The van der Waals surface area contributed by atoms with E-state index in [-0.39, 0.29) is 48.7 Å². The first kappa shape index (κ1) is 31.6. The molecule has 0 radical (unpaired) electrons. The molecule has 0 saturated heterocycles. The Morgan fingerprint density at radius 2 is 1.90 bits per heavy atom. The van der Waals surface area contributed by atoms with Crippen LogP contribution in [-0.4, -0.2) is 54.1 Å². The predicted molar refractivity (Wildman–Crippen MR) is 161 cm³/mol. The van der Waals surface area contributed by atoms with Gasteiger partial charge in [-0.2, -0.15) is 27.7 Å².